The molecular formula is C28H28O6. The summed E-state index contributed by atoms with van der Waals surface area (Å²) in [5.41, 5.74) is 1.38. The van der Waals surface area contributed by atoms with Gasteiger partial charge in [0.1, 0.15) is 23.0 Å². The van der Waals surface area contributed by atoms with Crippen molar-refractivity contribution in [1.29, 1.82) is 0 Å². The molecule has 3 rings (SSSR count). The van der Waals surface area contributed by atoms with Gasteiger partial charge in [-0.25, -0.2) is 9.59 Å². The Kier molecular flexibility index (Phi) is 8.86. The summed E-state index contributed by atoms with van der Waals surface area (Å²) in [5.74, 6) is 0.767. The van der Waals surface area contributed by atoms with Gasteiger partial charge in [-0.15, -0.1) is 0 Å². The van der Waals surface area contributed by atoms with Crippen LogP contribution in [0.5, 0.6) is 23.0 Å². The Morgan fingerprint density at radius 2 is 1.09 bits per heavy atom. The quantitative estimate of drug-likeness (QED) is 0.245. The summed E-state index contributed by atoms with van der Waals surface area (Å²) in [5, 5.41) is 0. The van der Waals surface area contributed by atoms with E-state index in [2.05, 4.69) is 6.58 Å². The van der Waals surface area contributed by atoms with Crippen LogP contribution >= 0.6 is 0 Å². The molecular weight excluding hydrogens is 432 g/mol. The van der Waals surface area contributed by atoms with Gasteiger partial charge in [0.15, 0.2) is 0 Å². The second kappa shape index (κ2) is 12.3. The zero-order valence-corrected chi connectivity index (χ0v) is 19.4. The fourth-order valence-corrected chi connectivity index (χ4v) is 2.98. The molecule has 0 radical (unpaired) electrons. The molecule has 0 aliphatic carbocycles. The molecule has 0 saturated carbocycles. The smallest absolute Gasteiger partial charge is 0.343 e. The fraction of sp³-hybridized carbons (Fsp3) is 0.214. The first kappa shape index (κ1) is 24.6. The van der Waals surface area contributed by atoms with E-state index in [0.717, 1.165) is 12.8 Å². The molecule has 0 unspecified atom stereocenters. The van der Waals surface area contributed by atoms with Gasteiger partial charge in [-0.3, -0.25) is 0 Å². The summed E-state index contributed by atoms with van der Waals surface area (Å²) in [4.78, 5) is 25.2. The van der Waals surface area contributed by atoms with Crippen molar-refractivity contribution in [3.8, 4) is 23.0 Å². The summed E-state index contributed by atoms with van der Waals surface area (Å²) < 4.78 is 22.1. The number of ether oxygens (including phenoxy) is 4. The molecule has 0 heterocycles. The van der Waals surface area contributed by atoms with E-state index in [9.17, 15) is 9.59 Å². The van der Waals surface area contributed by atoms with Crippen molar-refractivity contribution in [3.05, 3.63) is 90.0 Å². The molecule has 0 aliphatic rings. The lowest BCUT2D eigenvalue weighted by Gasteiger charge is -2.10. The Hall–Kier alpha value is -4.06. The lowest BCUT2D eigenvalue weighted by Crippen LogP contribution is -2.10. The maximum Gasteiger partial charge on any atom is 0.343 e. The van der Waals surface area contributed by atoms with E-state index >= 15 is 0 Å². The number of carbonyl (C=O) groups is 2. The Morgan fingerprint density at radius 1 is 0.676 bits per heavy atom. The summed E-state index contributed by atoms with van der Waals surface area (Å²) >= 11 is 0. The van der Waals surface area contributed by atoms with Crippen LogP contribution in [-0.4, -0.2) is 25.2 Å². The van der Waals surface area contributed by atoms with Crippen LogP contribution in [0.2, 0.25) is 0 Å². The van der Waals surface area contributed by atoms with E-state index in [1.165, 1.54) is 6.07 Å². The minimum absolute atomic E-state index is 0.236. The molecule has 0 atom stereocenters. The summed E-state index contributed by atoms with van der Waals surface area (Å²) in [6, 6.07) is 18.2. The molecule has 0 saturated heterocycles. The lowest BCUT2D eigenvalue weighted by atomic mass is 10.2. The van der Waals surface area contributed by atoms with Crippen LogP contribution in [0.25, 0.3) is 6.08 Å². The molecule has 0 fully saturated rings. The molecule has 3 aromatic carbocycles. The number of hydrogen-bond acceptors (Lipinski definition) is 6. The highest BCUT2D eigenvalue weighted by molar-refractivity contribution is 5.92. The Balaban J connectivity index is 1.69. The van der Waals surface area contributed by atoms with Gasteiger partial charge in [0, 0.05) is 6.07 Å². The van der Waals surface area contributed by atoms with Crippen molar-refractivity contribution in [3.63, 3.8) is 0 Å². The van der Waals surface area contributed by atoms with Gasteiger partial charge in [0.05, 0.1) is 24.3 Å². The fourth-order valence-electron chi connectivity index (χ4n) is 2.98. The largest absolute Gasteiger partial charge is 0.494 e. The average molecular weight is 461 g/mol. The average Bonchev–Trinajstić information content (AvgIpc) is 2.86. The third kappa shape index (κ3) is 6.97. The molecule has 0 spiro atoms. The van der Waals surface area contributed by atoms with Crippen molar-refractivity contribution in [2.45, 2.75) is 26.7 Å². The molecule has 0 amide bonds. The summed E-state index contributed by atoms with van der Waals surface area (Å²) in [7, 11) is 0. The molecule has 0 aliphatic heterocycles. The van der Waals surface area contributed by atoms with Crippen LogP contribution in [0.3, 0.4) is 0 Å². The summed E-state index contributed by atoms with van der Waals surface area (Å²) in [6.45, 7) is 9.01. The number of carbonyl (C=O) groups excluding carboxylic acids is 2. The van der Waals surface area contributed by atoms with Crippen LogP contribution in [0.15, 0.2) is 73.3 Å². The van der Waals surface area contributed by atoms with E-state index in [1.54, 1.807) is 66.7 Å². The highest BCUT2D eigenvalue weighted by atomic mass is 16.5. The van der Waals surface area contributed by atoms with Crippen molar-refractivity contribution < 1.29 is 28.5 Å². The van der Waals surface area contributed by atoms with Gasteiger partial charge in [-0.2, -0.15) is 0 Å². The standard InChI is InChI=1S/C28H28O6/c1-4-15-31-23-11-7-21(8-12-23)27(29)33-25-17-20(6-3)18-26(19-25)34-28(30)22-9-13-24(14-10-22)32-16-5-2/h6-14,17-19H,3-5,15-16H2,1-2H3. The molecule has 0 bridgehead atoms. The first-order valence-electron chi connectivity index (χ1n) is 11.2. The predicted molar refractivity (Wildman–Crippen MR) is 131 cm³/mol. The van der Waals surface area contributed by atoms with Gasteiger partial charge >= 0.3 is 11.9 Å². The zero-order chi connectivity index (χ0) is 24.3. The van der Waals surface area contributed by atoms with Gasteiger partial charge in [0.25, 0.3) is 0 Å². The lowest BCUT2D eigenvalue weighted by molar-refractivity contribution is 0.0733. The van der Waals surface area contributed by atoms with E-state index in [-0.39, 0.29) is 11.5 Å². The topological polar surface area (TPSA) is 71.1 Å². The molecule has 0 aromatic heterocycles. The van der Waals surface area contributed by atoms with Crippen LogP contribution in [0.1, 0.15) is 53.0 Å². The Morgan fingerprint density at radius 3 is 1.44 bits per heavy atom. The normalized spacial score (nSPS) is 10.3. The van der Waals surface area contributed by atoms with Crippen LogP contribution in [0, 0.1) is 0 Å². The Labute approximate surface area is 199 Å². The minimum Gasteiger partial charge on any atom is -0.494 e. The third-order valence-electron chi connectivity index (χ3n) is 4.68. The number of rotatable bonds is 11. The SMILES string of the molecule is C=Cc1cc(OC(=O)c2ccc(OCCC)cc2)cc(OC(=O)c2ccc(OCCC)cc2)c1. The minimum atomic E-state index is -0.539. The van der Waals surface area contributed by atoms with Crippen molar-refractivity contribution in [2.75, 3.05) is 13.2 Å². The second-order valence-electron chi connectivity index (χ2n) is 7.47. The van der Waals surface area contributed by atoms with Crippen molar-refractivity contribution in [1.82, 2.24) is 0 Å². The van der Waals surface area contributed by atoms with E-state index in [1.807, 2.05) is 13.8 Å². The van der Waals surface area contributed by atoms with Crippen LogP contribution in [0.4, 0.5) is 0 Å². The predicted octanol–water partition coefficient (Wildman–Crippen LogP) is 6.35. The van der Waals surface area contributed by atoms with E-state index in [4.69, 9.17) is 18.9 Å². The molecule has 6 nitrogen and oxygen atoms in total. The van der Waals surface area contributed by atoms with E-state index < -0.39 is 11.9 Å². The third-order valence-corrected chi connectivity index (χ3v) is 4.68. The summed E-state index contributed by atoms with van der Waals surface area (Å²) in [6.07, 6.45) is 3.37. The van der Waals surface area contributed by atoms with Gasteiger partial charge < -0.3 is 18.9 Å². The second-order valence-corrected chi connectivity index (χ2v) is 7.47. The molecule has 34 heavy (non-hydrogen) atoms. The maximum absolute atomic E-state index is 12.6. The van der Waals surface area contributed by atoms with Crippen molar-refractivity contribution in [2.24, 2.45) is 0 Å². The monoisotopic (exact) mass is 460 g/mol. The van der Waals surface area contributed by atoms with Crippen LogP contribution < -0.4 is 18.9 Å². The van der Waals surface area contributed by atoms with Crippen LogP contribution in [-0.2, 0) is 0 Å². The maximum atomic E-state index is 12.6. The highest BCUT2D eigenvalue weighted by Gasteiger charge is 2.14. The Bertz CT molecular complexity index is 1030. The first-order valence-corrected chi connectivity index (χ1v) is 11.2. The zero-order valence-electron chi connectivity index (χ0n) is 19.4. The van der Waals surface area contributed by atoms with Gasteiger partial charge in [0.2, 0.25) is 0 Å². The molecule has 0 N–H and O–H groups in total. The number of benzene rings is 3. The van der Waals surface area contributed by atoms with Crippen molar-refractivity contribution >= 4 is 18.0 Å². The van der Waals surface area contributed by atoms with Gasteiger partial charge in [-0.1, -0.05) is 26.5 Å². The highest BCUT2D eigenvalue weighted by Crippen LogP contribution is 2.26. The first-order chi connectivity index (χ1) is 16.5. The number of esters is 2. The molecule has 3 aromatic rings. The van der Waals surface area contributed by atoms with E-state index in [0.29, 0.717) is 41.4 Å². The number of hydrogen-bond donors (Lipinski definition) is 0. The van der Waals surface area contributed by atoms with Gasteiger partial charge in [-0.05, 0) is 79.1 Å². The molecule has 6 heteroatoms. The molecule has 176 valence electrons.